The number of rotatable bonds is 15. The normalized spacial score (nSPS) is 44.8. The first kappa shape index (κ1) is 35.9. The first-order chi connectivity index (χ1) is 20.3. The van der Waals surface area contributed by atoms with Gasteiger partial charge in [0, 0.05) is 64.0 Å². The van der Waals surface area contributed by atoms with E-state index in [1.807, 2.05) is 6.92 Å². The second-order valence-electron chi connectivity index (χ2n) is 10.3. The van der Waals surface area contributed by atoms with Gasteiger partial charge in [-0.25, -0.2) is 0 Å². The summed E-state index contributed by atoms with van der Waals surface area (Å²) in [5, 5.41) is 10.9. The van der Waals surface area contributed by atoms with Gasteiger partial charge in [0.2, 0.25) is 0 Å². The molecule has 0 amide bonds. The molecule has 0 aromatic heterocycles. The van der Waals surface area contributed by atoms with Crippen molar-refractivity contribution >= 4 is 0 Å². The quantitative estimate of drug-likeness (QED) is 0.249. The van der Waals surface area contributed by atoms with E-state index in [1.165, 1.54) is 28.4 Å². The van der Waals surface area contributed by atoms with Crippen molar-refractivity contribution in [3.8, 4) is 0 Å². The highest BCUT2D eigenvalue weighted by atomic mass is 16.8. The number of aliphatic hydroxyl groups excluding tert-OH is 1. The summed E-state index contributed by atoms with van der Waals surface area (Å²) in [7, 11) is 13.8. The van der Waals surface area contributed by atoms with E-state index < -0.39 is 92.1 Å². The van der Waals surface area contributed by atoms with Crippen LogP contribution in [0.4, 0.5) is 0 Å². The molecule has 0 aromatic carbocycles. The summed E-state index contributed by atoms with van der Waals surface area (Å²) >= 11 is 0. The maximum Gasteiger partial charge on any atom is 0.187 e. The number of methoxy groups -OCH3 is 9. The van der Waals surface area contributed by atoms with Gasteiger partial charge >= 0.3 is 0 Å². The van der Waals surface area contributed by atoms with E-state index in [9.17, 15) is 5.11 Å². The zero-order chi connectivity index (χ0) is 31.0. The molecule has 15 atom stereocenters. The SMILES string of the molecule is COC[C@H]1O[C@H](O[C@H]2[C@H](O[C@@H]3O[C@@H](C)[C@@H](OC)[C@@H](OC)[C@@H]3OC)[C@@H](OC)[C@@H](O)O[C@@H]2COC)[C@H](OC)[C@@H](OC)[C@H]1OC. The largest absolute Gasteiger partial charge is 0.382 e. The van der Waals surface area contributed by atoms with Crippen LogP contribution in [0.5, 0.6) is 0 Å². The van der Waals surface area contributed by atoms with Gasteiger partial charge < -0.3 is 71.4 Å². The van der Waals surface area contributed by atoms with E-state index in [1.54, 1.807) is 35.5 Å². The average Bonchev–Trinajstić information content (AvgIpc) is 2.98. The zero-order valence-corrected chi connectivity index (χ0v) is 26.2. The second-order valence-corrected chi connectivity index (χ2v) is 10.3. The van der Waals surface area contributed by atoms with Gasteiger partial charge in [-0.1, -0.05) is 0 Å². The Morgan fingerprint density at radius 2 is 0.881 bits per heavy atom. The summed E-state index contributed by atoms with van der Waals surface area (Å²) in [6, 6.07) is 0. The summed E-state index contributed by atoms with van der Waals surface area (Å²) in [6.45, 7) is 2.11. The number of aliphatic hydroxyl groups is 1. The van der Waals surface area contributed by atoms with Gasteiger partial charge in [0.25, 0.3) is 0 Å². The molecule has 3 aliphatic rings. The van der Waals surface area contributed by atoms with Crippen LogP contribution in [0.25, 0.3) is 0 Å². The molecular formula is C27H50O15. The molecular weight excluding hydrogens is 564 g/mol. The van der Waals surface area contributed by atoms with E-state index >= 15 is 0 Å². The van der Waals surface area contributed by atoms with Crippen LogP contribution < -0.4 is 0 Å². The van der Waals surface area contributed by atoms with Crippen molar-refractivity contribution in [1.29, 1.82) is 0 Å². The number of hydrogen-bond acceptors (Lipinski definition) is 15. The molecule has 0 saturated carbocycles. The Hall–Kier alpha value is -0.600. The van der Waals surface area contributed by atoms with Gasteiger partial charge in [-0.15, -0.1) is 0 Å². The average molecular weight is 615 g/mol. The van der Waals surface area contributed by atoms with E-state index in [0.717, 1.165) is 0 Å². The van der Waals surface area contributed by atoms with Crippen molar-refractivity contribution in [2.75, 3.05) is 77.2 Å². The van der Waals surface area contributed by atoms with Crippen LogP contribution in [0.2, 0.25) is 0 Å². The minimum absolute atomic E-state index is 0.0559. The lowest BCUT2D eigenvalue weighted by Crippen LogP contribution is -2.67. The molecule has 0 unspecified atom stereocenters. The molecule has 0 spiro atoms. The molecule has 15 heteroatoms. The predicted octanol–water partition coefficient (Wildman–Crippen LogP) is -0.658. The Balaban J connectivity index is 1.98. The van der Waals surface area contributed by atoms with Gasteiger partial charge in [-0.3, -0.25) is 0 Å². The smallest absolute Gasteiger partial charge is 0.187 e. The van der Waals surface area contributed by atoms with E-state index in [4.69, 9.17) is 66.3 Å². The molecule has 0 radical (unpaired) electrons. The fraction of sp³-hybridized carbons (Fsp3) is 1.00. The molecule has 3 fully saturated rings. The molecule has 15 nitrogen and oxygen atoms in total. The highest BCUT2D eigenvalue weighted by molar-refractivity contribution is 4.98. The monoisotopic (exact) mass is 614 g/mol. The molecule has 42 heavy (non-hydrogen) atoms. The van der Waals surface area contributed by atoms with Crippen LogP contribution >= 0.6 is 0 Å². The molecule has 3 aliphatic heterocycles. The first-order valence-corrected chi connectivity index (χ1v) is 13.9. The van der Waals surface area contributed by atoms with Gasteiger partial charge in [0.1, 0.15) is 67.1 Å². The molecule has 0 aromatic rings. The van der Waals surface area contributed by atoms with E-state index in [2.05, 4.69) is 0 Å². The van der Waals surface area contributed by atoms with Crippen molar-refractivity contribution in [3.63, 3.8) is 0 Å². The predicted molar refractivity (Wildman–Crippen MR) is 143 cm³/mol. The lowest BCUT2D eigenvalue weighted by atomic mass is 9.95. The van der Waals surface area contributed by atoms with Crippen molar-refractivity contribution in [1.82, 2.24) is 0 Å². The lowest BCUT2D eigenvalue weighted by Gasteiger charge is -2.50. The van der Waals surface area contributed by atoms with Crippen LogP contribution in [0.15, 0.2) is 0 Å². The van der Waals surface area contributed by atoms with Gasteiger partial charge in [-0.2, -0.15) is 0 Å². The van der Waals surface area contributed by atoms with Crippen molar-refractivity contribution in [2.45, 2.75) is 99.0 Å². The van der Waals surface area contributed by atoms with Crippen LogP contribution in [0.3, 0.4) is 0 Å². The van der Waals surface area contributed by atoms with Gasteiger partial charge in [0.15, 0.2) is 18.9 Å². The highest BCUT2D eigenvalue weighted by Gasteiger charge is 2.55. The van der Waals surface area contributed by atoms with Crippen LogP contribution in [0, 0.1) is 0 Å². The van der Waals surface area contributed by atoms with Crippen molar-refractivity contribution < 1.29 is 71.4 Å². The lowest BCUT2D eigenvalue weighted by molar-refractivity contribution is -0.388. The molecule has 3 heterocycles. The second kappa shape index (κ2) is 17.2. The topological polar surface area (TPSA) is 149 Å². The standard InChI is InChI=1S/C27H50O15/c1-13-16(31-4)19(33-6)23(36-9)26(38-13)42-21-18(15(12-30-3)39-25(28)22(21)35-8)41-27-24(37-10)20(34-7)17(32-5)14(40-27)11-29-2/h13-28H,11-12H2,1-10H3/t13-,14+,15+,16+,17-,18+,19+,20-,21-,22+,23-,24+,25-,26-,27+/m0/s1. The minimum atomic E-state index is -1.37. The molecule has 0 bridgehead atoms. The Labute approximate surface area is 248 Å². The third kappa shape index (κ3) is 7.61. The Morgan fingerprint density at radius 3 is 1.36 bits per heavy atom. The van der Waals surface area contributed by atoms with Gasteiger partial charge in [0.05, 0.1) is 19.3 Å². The maximum atomic E-state index is 10.9. The van der Waals surface area contributed by atoms with Crippen molar-refractivity contribution in [3.05, 3.63) is 0 Å². The summed E-state index contributed by atoms with van der Waals surface area (Å²) in [5.74, 6) is 0. The number of ether oxygens (including phenoxy) is 14. The molecule has 1 N–H and O–H groups in total. The minimum Gasteiger partial charge on any atom is -0.382 e. The summed E-state index contributed by atoms with van der Waals surface area (Å²) in [5.41, 5.74) is 0. The molecule has 248 valence electrons. The van der Waals surface area contributed by atoms with Crippen LogP contribution in [-0.2, 0) is 66.3 Å². The zero-order valence-electron chi connectivity index (χ0n) is 26.2. The Kier molecular flexibility index (Phi) is 14.7. The molecule has 3 saturated heterocycles. The van der Waals surface area contributed by atoms with E-state index in [0.29, 0.717) is 0 Å². The molecule has 0 aliphatic carbocycles. The summed E-state index contributed by atoms with van der Waals surface area (Å²) < 4.78 is 82.5. The van der Waals surface area contributed by atoms with Gasteiger partial charge in [-0.05, 0) is 6.92 Å². The summed E-state index contributed by atoms with van der Waals surface area (Å²) in [4.78, 5) is 0. The highest BCUT2D eigenvalue weighted by Crippen LogP contribution is 2.36. The third-order valence-electron chi connectivity index (χ3n) is 8.08. The van der Waals surface area contributed by atoms with E-state index in [-0.39, 0.29) is 13.2 Å². The molecule has 3 rings (SSSR count). The maximum absolute atomic E-state index is 10.9. The van der Waals surface area contributed by atoms with Crippen LogP contribution in [0.1, 0.15) is 6.92 Å². The fourth-order valence-corrected chi connectivity index (χ4v) is 6.09. The Bertz CT molecular complexity index is 763. The van der Waals surface area contributed by atoms with Crippen molar-refractivity contribution in [2.24, 2.45) is 0 Å². The number of hydrogen-bond donors (Lipinski definition) is 1. The summed E-state index contributed by atoms with van der Waals surface area (Å²) in [6.07, 6.45) is -11.4. The third-order valence-corrected chi connectivity index (χ3v) is 8.08. The first-order valence-electron chi connectivity index (χ1n) is 13.9. The van der Waals surface area contributed by atoms with Crippen LogP contribution in [-0.4, -0.2) is 174 Å². The fourth-order valence-electron chi connectivity index (χ4n) is 6.09. The Morgan fingerprint density at radius 1 is 0.452 bits per heavy atom.